The minimum absolute atomic E-state index is 0.0843. The van der Waals surface area contributed by atoms with E-state index >= 15 is 0 Å². The number of benzene rings is 1. The summed E-state index contributed by atoms with van der Waals surface area (Å²) in [6.45, 7) is 7.75. The second kappa shape index (κ2) is 11.3. The Balaban J connectivity index is 1.30. The number of methoxy groups -OCH3 is 1. The van der Waals surface area contributed by atoms with Gasteiger partial charge in [-0.25, -0.2) is 18.1 Å². The Morgan fingerprint density at radius 3 is 2.43 bits per heavy atom. The van der Waals surface area contributed by atoms with E-state index in [1.807, 2.05) is 32.2 Å². The van der Waals surface area contributed by atoms with Crippen LogP contribution in [0, 0.1) is 0 Å². The van der Waals surface area contributed by atoms with Gasteiger partial charge in [0.2, 0.25) is 10.0 Å². The van der Waals surface area contributed by atoms with Crippen LogP contribution in [-0.4, -0.2) is 69.8 Å². The lowest BCUT2D eigenvalue weighted by Gasteiger charge is -2.42. The molecular formula is C25H35ClN4O4S. The van der Waals surface area contributed by atoms with Crippen molar-refractivity contribution in [3.8, 4) is 11.5 Å². The van der Waals surface area contributed by atoms with Gasteiger partial charge in [0.1, 0.15) is 10.6 Å². The van der Waals surface area contributed by atoms with Crippen LogP contribution in [0.1, 0.15) is 39.5 Å². The van der Waals surface area contributed by atoms with Gasteiger partial charge in [-0.3, -0.25) is 4.90 Å². The fraction of sp³-hybridized carbons (Fsp3) is 0.560. The lowest BCUT2D eigenvalue weighted by molar-refractivity contribution is 0.139. The monoisotopic (exact) mass is 522 g/mol. The van der Waals surface area contributed by atoms with Gasteiger partial charge in [0.05, 0.1) is 13.2 Å². The predicted molar refractivity (Wildman–Crippen MR) is 138 cm³/mol. The number of nitrogens with zero attached hydrogens (tertiary/aromatic N) is 3. The molecule has 1 aromatic heterocycles. The zero-order valence-corrected chi connectivity index (χ0v) is 22.2. The van der Waals surface area contributed by atoms with Crippen LogP contribution in [0.2, 0.25) is 5.02 Å². The number of rotatable bonds is 8. The average molecular weight is 523 g/mol. The predicted octanol–water partition coefficient (Wildman–Crippen LogP) is 3.94. The van der Waals surface area contributed by atoms with Crippen molar-refractivity contribution in [1.29, 1.82) is 0 Å². The highest BCUT2D eigenvalue weighted by Gasteiger charge is 2.32. The van der Waals surface area contributed by atoms with E-state index in [1.54, 1.807) is 12.1 Å². The minimum atomic E-state index is -3.72. The summed E-state index contributed by atoms with van der Waals surface area (Å²) in [6.07, 6.45) is 5.46. The molecule has 192 valence electrons. The Morgan fingerprint density at radius 2 is 1.77 bits per heavy atom. The maximum atomic E-state index is 13.0. The molecular weight excluding hydrogens is 488 g/mol. The molecule has 35 heavy (non-hydrogen) atoms. The molecule has 0 bridgehead atoms. The minimum Gasteiger partial charge on any atom is -0.495 e. The number of hydrogen-bond donors (Lipinski definition) is 1. The van der Waals surface area contributed by atoms with Crippen molar-refractivity contribution < 1.29 is 17.9 Å². The number of nitrogens with one attached hydrogen (secondary N) is 1. The van der Waals surface area contributed by atoms with E-state index in [2.05, 4.69) is 19.5 Å². The molecule has 2 aliphatic rings. The molecule has 1 saturated heterocycles. The van der Waals surface area contributed by atoms with Crippen LogP contribution in [-0.2, 0) is 10.0 Å². The SMILES string of the molecule is COc1ccc(Cl)cc1S(=O)(=O)NC1CCC(N2CCN(c3ncccc3OC(C)C)CC2)CC1. The number of aromatic nitrogens is 1. The fourth-order valence-corrected chi connectivity index (χ4v) is 6.70. The summed E-state index contributed by atoms with van der Waals surface area (Å²) in [7, 11) is -2.26. The second-order valence-corrected chi connectivity index (χ2v) is 11.6. The summed E-state index contributed by atoms with van der Waals surface area (Å²) < 4.78 is 40.1. The van der Waals surface area contributed by atoms with Crippen LogP contribution < -0.4 is 19.1 Å². The first kappa shape index (κ1) is 26.0. The van der Waals surface area contributed by atoms with E-state index in [1.165, 1.54) is 13.2 Å². The molecule has 0 atom stereocenters. The maximum absolute atomic E-state index is 13.0. The Hall–Kier alpha value is -2.07. The zero-order chi connectivity index (χ0) is 25.0. The Morgan fingerprint density at radius 1 is 1.06 bits per heavy atom. The molecule has 10 heteroatoms. The molecule has 0 unspecified atom stereocenters. The Kier molecular flexibility index (Phi) is 8.42. The van der Waals surface area contributed by atoms with Gasteiger partial charge in [-0.2, -0.15) is 0 Å². The molecule has 2 heterocycles. The molecule has 8 nitrogen and oxygen atoms in total. The van der Waals surface area contributed by atoms with Gasteiger partial charge in [0.15, 0.2) is 11.6 Å². The van der Waals surface area contributed by atoms with Gasteiger partial charge in [-0.15, -0.1) is 0 Å². The lowest BCUT2D eigenvalue weighted by atomic mass is 9.90. The van der Waals surface area contributed by atoms with E-state index < -0.39 is 10.0 Å². The molecule has 1 aliphatic heterocycles. The summed E-state index contributed by atoms with van der Waals surface area (Å²) in [5.41, 5.74) is 0. The normalized spacial score (nSPS) is 21.8. The van der Waals surface area contributed by atoms with E-state index in [9.17, 15) is 8.42 Å². The summed E-state index contributed by atoms with van der Waals surface area (Å²) in [4.78, 5) is 9.50. The first-order chi connectivity index (χ1) is 16.8. The van der Waals surface area contributed by atoms with Gasteiger partial charge in [-0.1, -0.05) is 11.6 Å². The number of pyridine rings is 1. The highest BCUT2D eigenvalue weighted by Crippen LogP contribution is 2.31. The molecule has 1 N–H and O–H groups in total. The van der Waals surface area contributed by atoms with Gasteiger partial charge < -0.3 is 14.4 Å². The molecule has 1 aromatic carbocycles. The Bertz CT molecular complexity index is 1100. The molecule has 4 rings (SSSR count). The highest BCUT2D eigenvalue weighted by atomic mass is 35.5. The highest BCUT2D eigenvalue weighted by molar-refractivity contribution is 7.89. The van der Waals surface area contributed by atoms with Crippen molar-refractivity contribution >= 4 is 27.4 Å². The van der Waals surface area contributed by atoms with Crippen LogP contribution >= 0.6 is 11.6 Å². The number of piperazine rings is 1. The zero-order valence-electron chi connectivity index (χ0n) is 20.6. The van der Waals surface area contributed by atoms with Crippen LogP contribution in [0.5, 0.6) is 11.5 Å². The summed E-state index contributed by atoms with van der Waals surface area (Å²) in [5.74, 6) is 2.04. The molecule has 2 fully saturated rings. The molecule has 0 spiro atoms. The van der Waals surface area contributed by atoms with Crippen molar-refractivity contribution in [2.24, 2.45) is 0 Å². The van der Waals surface area contributed by atoms with Crippen LogP contribution in [0.3, 0.4) is 0 Å². The third-order valence-corrected chi connectivity index (χ3v) is 8.45. The van der Waals surface area contributed by atoms with Crippen LogP contribution in [0.4, 0.5) is 5.82 Å². The van der Waals surface area contributed by atoms with Gasteiger partial charge in [-0.05, 0) is 69.9 Å². The first-order valence-corrected chi connectivity index (χ1v) is 14.1. The van der Waals surface area contributed by atoms with Crippen molar-refractivity contribution in [2.45, 2.75) is 62.6 Å². The number of ether oxygens (including phenoxy) is 2. The van der Waals surface area contributed by atoms with E-state index in [0.717, 1.165) is 63.4 Å². The largest absolute Gasteiger partial charge is 0.495 e. The average Bonchev–Trinajstić information content (AvgIpc) is 2.84. The fourth-order valence-electron chi connectivity index (χ4n) is 4.97. The first-order valence-electron chi connectivity index (χ1n) is 12.2. The van der Waals surface area contributed by atoms with Crippen LogP contribution in [0.15, 0.2) is 41.4 Å². The maximum Gasteiger partial charge on any atom is 0.244 e. The van der Waals surface area contributed by atoms with E-state index in [-0.39, 0.29) is 17.0 Å². The standard InChI is InChI=1S/C25H35ClN4O4S/c1-18(2)34-23-5-4-12-27-25(23)30-15-13-29(14-16-30)21-9-7-20(8-10-21)28-35(31,32)24-17-19(26)6-11-22(24)33-3/h4-6,11-12,17-18,20-21,28H,7-10,13-16H2,1-3H3. The lowest BCUT2D eigenvalue weighted by Crippen LogP contribution is -2.52. The molecule has 1 saturated carbocycles. The van der Waals surface area contributed by atoms with Crippen molar-refractivity contribution in [1.82, 2.24) is 14.6 Å². The smallest absolute Gasteiger partial charge is 0.244 e. The topological polar surface area (TPSA) is 84.0 Å². The molecule has 1 aliphatic carbocycles. The van der Waals surface area contributed by atoms with Crippen LogP contribution in [0.25, 0.3) is 0 Å². The Labute approximate surface area is 213 Å². The summed E-state index contributed by atoms with van der Waals surface area (Å²) in [6, 6.07) is 8.90. The third kappa shape index (κ3) is 6.39. The van der Waals surface area contributed by atoms with Crippen molar-refractivity contribution in [3.63, 3.8) is 0 Å². The van der Waals surface area contributed by atoms with Gasteiger partial charge in [0.25, 0.3) is 0 Å². The third-order valence-electron chi connectivity index (χ3n) is 6.68. The van der Waals surface area contributed by atoms with Crippen molar-refractivity contribution in [2.75, 3.05) is 38.2 Å². The number of hydrogen-bond acceptors (Lipinski definition) is 7. The van der Waals surface area contributed by atoms with Gasteiger partial charge in [0, 0.05) is 49.5 Å². The van der Waals surface area contributed by atoms with E-state index in [4.69, 9.17) is 21.1 Å². The molecule has 0 radical (unpaired) electrons. The summed E-state index contributed by atoms with van der Waals surface area (Å²) >= 11 is 6.04. The summed E-state index contributed by atoms with van der Waals surface area (Å²) in [5, 5.41) is 0.364. The second-order valence-electron chi connectivity index (χ2n) is 9.44. The number of halogens is 1. The number of anilines is 1. The van der Waals surface area contributed by atoms with Gasteiger partial charge >= 0.3 is 0 Å². The molecule has 2 aromatic rings. The quantitative estimate of drug-likeness (QED) is 0.562. The molecule has 0 amide bonds. The van der Waals surface area contributed by atoms with Crippen molar-refractivity contribution in [3.05, 3.63) is 41.6 Å². The van der Waals surface area contributed by atoms with E-state index in [0.29, 0.717) is 16.8 Å². The number of sulfonamides is 1.